The molecule has 20 N–H and O–H groups in total. The molecule has 4 rings (SSSR count). The van der Waals surface area contributed by atoms with Crippen molar-refractivity contribution in [1.82, 2.24) is 62.1 Å². The molecular weight excluding hydrogens is 895 g/mol. The number of aliphatic carboxylic acids is 1. The Balaban J connectivity index is 1.42. The highest BCUT2D eigenvalue weighted by Gasteiger charge is 2.31. The zero-order valence-electron chi connectivity index (χ0n) is 36.5. The number of nitrogens with one attached hydrogen (secondary N) is 10. The molecule has 0 fully saturated rings. The summed E-state index contributed by atoms with van der Waals surface area (Å²) in [4.78, 5) is 137. The molecule has 0 aliphatic rings. The van der Waals surface area contributed by atoms with Crippen LogP contribution in [-0.4, -0.2) is 157 Å². The van der Waals surface area contributed by atoms with Crippen LogP contribution >= 0.6 is 0 Å². The third-order valence-corrected chi connectivity index (χ3v) is 9.97. The van der Waals surface area contributed by atoms with E-state index in [1.807, 2.05) is 0 Å². The van der Waals surface area contributed by atoms with E-state index in [-0.39, 0.29) is 44.6 Å². The summed E-state index contributed by atoms with van der Waals surface area (Å²) >= 11 is 0. The van der Waals surface area contributed by atoms with Crippen molar-refractivity contribution in [3.05, 3.63) is 72.5 Å². The van der Waals surface area contributed by atoms with Crippen LogP contribution in [0.25, 0.3) is 10.9 Å². The first-order valence-corrected chi connectivity index (χ1v) is 20.9. The molecule has 6 atom stereocenters. The summed E-state index contributed by atoms with van der Waals surface area (Å²) in [5.41, 5.74) is 24.3. The van der Waals surface area contributed by atoms with Gasteiger partial charge in [-0.25, -0.2) is 14.8 Å². The number of carboxylic acid groups (broad SMARTS) is 1. The van der Waals surface area contributed by atoms with E-state index in [4.69, 9.17) is 22.9 Å². The minimum absolute atomic E-state index is 0.0269. The van der Waals surface area contributed by atoms with E-state index in [0.717, 1.165) is 0 Å². The van der Waals surface area contributed by atoms with Gasteiger partial charge in [0.25, 0.3) is 0 Å². The molecule has 28 nitrogen and oxygen atoms in total. The van der Waals surface area contributed by atoms with Gasteiger partial charge in [0, 0.05) is 66.7 Å². The predicted octanol–water partition coefficient (Wildman–Crippen LogP) is -6.37. The first-order valence-electron chi connectivity index (χ1n) is 20.9. The van der Waals surface area contributed by atoms with Gasteiger partial charge in [0.2, 0.25) is 47.3 Å². The van der Waals surface area contributed by atoms with Crippen LogP contribution in [-0.2, 0) is 62.4 Å². The Morgan fingerprint density at radius 3 is 1.82 bits per heavy atom. The van der Waals surface area contributed by atoms with Gasteiger partial charge in [-0.2, -0.15) is 0 Å². The zero-order chi connectivity index (χ0) is 49.8. The zero-order valence-corrected chi connectivity index (χ0v) is 36.5. The van der Waals surface area contributed by atoms with E-state index in [9.17, 15) is 53.4 Å². The smallest absolute Gasteiger partial charge is 0.326 e. The van der Waals surface area contributed by atoms with Crippen LogP contribution in [0.5, 0.6) is 0 Å². The molecule has 3 aromatic heterocycles. The Labute approximate surface area is 386 Å². The standard InChI is InChI=1S/C40H55N17O11/c41-24(9-21-13-45-18-51-21)34(62)57-30(17-58)38(66)55-26(6-3-7-47-40(43)44)35(63)49-15-32(60)53-28(11-31(42)59)37(65)56-27(8-20-12-48-25-5-2-1-4-23(20)25)36(64)50-16-33(61)54-29(39(67)68)10-22-14-46-19-52-22/h1-2,4-5,12-14,18-19,24,26-30,48,58H,3,6-11,15-17,41H2,(H2,42,59)(H,45,51)(H,46,52)(H,49,63)(H,50,64)(H,53,60)(H,54,61)(H,55,66)(H,56,65)(H,57,62)(H,67,68)(H4,43,44,47). The number of guanidine groups is 1. The van der Waals surface area contributed by atoms with Gasteiger partial charge >= 0.3 is 5.97 Å². The van der Waals surface area contributed by atoms with Gasteiger partial charge in [-0.05, 0) is 24.5 Å². The summed E-state index contributed by atoms with van der Waals surface area (Å²) in [5, 5.41) is 36.8. The Kier molecular flexibility index (Phi) is 19.9. The van der Waals surface area contributed by atoms with E-state index in [2.05, 4.69) is 67.1 Å². The van der Waals surface area contributed by atoms with Gasteiger partial charge in [0.15, 0.2) is 5.96 Å². The number of imidazole rings is 2. The minimum Gasteiger partial charge on any atom is -0.480 e. The summed E-state index contributed by atoms with van der Waals surface area (Å²) < 4.78 is 0. The fourth-order valence-electron chi connectivity index (χ4n) is 6.54. The van der Waals surface area contributed by atoms with Crippen LogP contribution in [0, 0.1) is 0 Å². The molecule has 68 heavy (non-hydrogen) atoms. The summed E-state index contributed by atoms with van der Waals surface area (Å²) in [5.74, 6) is -9.20. The van der Waals surface area contributed by atoms with Gasteiger partial charge in [-0.1, -0.05) is 18.2 Å². The maximum absolute atomic E-state index is 13.8. The molecule has 8 amide bonds. The van der Waals surface area contributed by atoms with Crippen molar-refractivity contribution in [3.63, 3.8) is 0 Å². The Bertz CT molecular complexity index is 2400. The number of aromatic amines is 3. The lowest BCUT2D eigenvalue weighted by Gasteiger charge is -2.24. The fraction of sp³-hybridized carbons (Fsp3) is 0.400. The normalized spacial score (nSPS) is 13.6. The van der Waals surface area contributed by atoms with Crippen LogP contribution in [0.2, 0.25) is 0 Å². The second kappa shape index (κ2) is 25.9. The van der Waals surface area contributed by atoms with Gasteiger partial charge in [0.1, 0.15) is 30.2 Å². The largest absolute Gasteiger partial charge is 0.480 e. The van der Waals surface area contributed by atoms with E-state index in [1.54, 1.807) is 30.5 Å². The van der Waals surface area contributed by atoms with Crippen molar-refractivity contribution >= 4 is 70.1 Å². The molecule has 6 unspecified atom stereocenters. The number of carboxylic acids is 1. The molecule has 1 aromatic carbocycles. The molecule has 0 saturated carbocycles. The van der Waals surface area contributed by atoms with Crippen LogP contribution in [0.3, 0.4) is 0 Å². The number of nitrogens with zero attached hydrogens (tertiary/aromatic N) is 3. The number of aliphatic hydroxyl groups excluding tert-OH is 1. The number of rotatable bonds is 28. The Morgan fingerprint density at radius 2 is 1.24 bits per heavy atom. The number of nitrogens with two attached hydrogens (primary N) is 4. The lowest BCUT2D eigenvalue weighted by molar-refractivity contribution is -0.141. The number of hydrogen-bond acceptors (Lipinski definition) is 14. The van der Waals surface area contributed by atoms with Crippen LogP contribution in [0.15, 0.2) is 60.5 Å². The van der Waals surface area contributed by atoms with Gasteiger partial charge in [0.05, 0.1) is 44.8 Å². The summed E-state index contributed by atoms with van der Waals surface area (Å²) in [6.07, 6.45) is 6.10. The van der Waals surface area contributed by atoms with E-state index in [1.165, 1.54) is 25.0 Å². The van der Waals surface area contributed by atoms with Gasteiger partial charge in [-0.15, -0.1) is 0 Å². The molecule has 0 saturated heterocycles. The summed E-state index contributed by atoms with van der Waals surface area (Å²) in [6, 6.07) is -1.59. The molecule has 366 valence electrons. The maximum atomic E-state index is 13.8. The third kappa shape index (κ3) is 16.9. The number of H-pyrrole nitrogens is 3. The van der Waals surface area contributed by atoms with Crippen molar-refractivity contribution in [2.24, 2.45) is 27.9 Å². The maximum Gasteiger partial charge on any atom is 0.326 e. The van der Waals surface area contributed by atoms with E-state index in [0.29, 0.717) is 27.9 Å². The number of aliphatic hydroxyl groups is 1. The third-order valence-electron chi connectivity index (χ3n) is 9.97. The van der Waals surface area contributed by atoms with Crippen molar-refractivity contribution in [2.75, 3.05) is 26.2 Å². The number of aliphatic imine (C=N–C) groups is 1. The fourth-order valence-corrected chi connectivity index (χ4v) is 6.54. The molecule has 4 aromatic rings. The minimum atomic E-state index is -1.71. The summed E-state index contributed by atoms with van der Waals surface area (Å²) in [7, 11) is 0. The molecular formula is C40H55N17O11. The first kappa shape index (κ1) is 52.2. The van der Waals surface area contributed by atoms with Gasteiger partial charge < -0.3 is 85.3 Å². The van der Waals surface area contributed by atoms with Gasteiger partial charge in [-0.3, -0.25) is 43.3 Å². The summed E-state index contributed by atoms with van der Waals surface area (Å²) in [6.45, 7) is -2.39. The number of primary amides is 1. The number of para-hydroxylation sites is 1. The lowest BCUT2D eigenvalue weighted by Crippen LogP contribution is -2.58. The monoisotopic (exact) mass is 949 g/mol. The van der Waals surface area contributed by atoms with Crippen molar-refractivity contribution in [3.8, 4) is 0 Å². The van der Waals surface area contributed by atoms with E-state index < -0.39 is 116 Å². The van der Waals surface area contributed by atoms with E-state index >= 15 is 0 Å². The highest BCUT2D eigenvalue weighted by Crippen LogP contribution is 2.19. The molecule has 0 radical (unpaired) electrons. The Morgan fingerprint density at radius 1 is 0.662 bits per heavy atom. The number of fused-ring (bicyclic) bond motifs is 1. The lowest BCUT2D eigenvalue weighted by atomic mass is 10.0. The second-order valence-electron chi connectivity index (χ2n) is 15.2. The number of carbonyl (C=O) groups excluding carboxylic acids is 8. The highest BCUT2D eigenvalue weighted by atomic mass is 16.4. The average Bonchev–Trinajstić information content (AvgIpc) is 4.10. The number of benzene rings is 1. The van der Waals surface area contributed by atoms with Crippen LogP contribution in [0.4, 0.5) is 0 Å². The van der Waals surface area contributed by atoms with Crippen LogP contribution in [0.1, 0.15) is 36.2 Å². The number of carbonyl (C=O) groups is 9. The topological polar surface area (TPSA) is 468 Å². The first-order chi connectivity index (χ1) is 32.4. The Hall–Kier alpha value is -8.40. The molecule has 3 heterocycles. The predicted molar refractivity (Wildman–Crippen MR) is 239 cm³/mol. The second-order valence-corrected chi connectivity index (χ2v) is 15.2. The number of hydrogen-bond donors (Lipinski definition) is 16. The SMILES string of the molecule is NC(=O)CC(NC(=O)CNC(=O)C(CCCN=C(N)N)NC(=O)C(CO)NC(=O)C(N)Cc1cnc[nH]1)C(=O)NC(Cc1c[nH]c2ccccc12)C(=O)NCC(=O)NC(Cc1cnc[nH]1)C(=O)O. The molecule has 0 aliphatic carbocycles. The quantitative estimate of drug-likeness (QED) is 0.0143. The van der Waals surface area contributed by atoms with Crippen molar-refractivity contribution < 1.29 is 53.4 Å². The molecule has 0 aliphatic heterocycles. The molecule has 0 bridgehead atoms. The number of amides is 8. The number of aromatic nitrogens is 5. The van der Waals surface area contributed by atoms with Crippen molar-refractivity contribution in [2.45, 2.75) is 74.8 Å². The van der Waals surface area contributed by atoms with Crippen molar-refractivity contribution in [1.29, 1.82) is 0 Å². The molecule has 28 heteroatoms. The average molecular weight is 950 g/mol. The highest BCUT2D eigenvalue weighted by molar-refractivity contribution is 5.98. The molecule has 0 spiro atoms. The van der Waals surface area contributed by atoms with Crippen LogP contribution < -0.4 is 60.2 Å².